The number of ether oxygens (including phenoxy) is 3. The molecule has 3 rings (SSSR count). The number of rotatable bonds is 13. The second kappa shape index (κ2) is 13.4. The van der Waals surface area contributed by atoms with E-state index in [1.807, 2.05) is 51.1 Å². The molecule has 0 saturated carbocycles. The van der Waals surface area contributed by atoms with Crippen LogP contribution in [-0.2, 0) is 10.0 Å². The molecule has 0 spiro atoms. The lowest BCUT2D eigenvalue weighted by Crippen LogP contribution is -2.49. The van der Waals surface area contributed by atoms with Gasteiger partial charge in [-0.3, -0.25) is 4.79 Å². The summed E-state index contributed by atoms with van der Waals surface area (Å²) in [5.41, 5.74) is 1.47. The van der Waals surface area contributed by atoms with E-state index in [4.69, 9.17) is 14.2 Å². The molecule has 1 heterocycles. The number of hydrogen-bond donors (Lipinski definition) is 1. The van der Waals surface area contributed by atoms with Gasteiger partial charge in [0.1, 0.15) is 0 Å². The highest BCUT2D eigenvalue weighted by Crippen LogP contribution is 2.39. The van der Waals surface area contributed by atoms with E-state index in [9.17, 15) is 13.2 Å². The first-order valence-electron chi connectivity index (χ1n) is 12.5. The second-order valence-corrected chi connectivity index (χ2v) is 10.3. The third kappa shape index (κ3) is 7.27. The Morgan fingerprint density at radius 3 is 2.03 bits per heavy atom. The van der Waals surface area contributed by atoms with Gasteiger partial charge in [0.2, 0.25) is 15.8 Å². The van der Waals surface area contributed by atoms with Crippen molar-refractivity contribution >= 4 is 21.6 Å². The standard InChI is InChI=1S/C26H37N3O6S/c1-4-33-23-19-21(20-24(34-5-2)25(23)35-6-3)26(30)27-13-10-18-36(31,32)29-16-14-28(15-17-29)22-11-8-7-9-12-22/h7-9,11-12,19-20H,4-6,10,13-18H2,1-3H3,(H,27,30). The summed E-state index contributed by atoms with van der Waals surface area (Å²) in [6.07, 6.45) is 0.320. The summed E-state index contributed by atoms with van der Waals surface area (Å²) in [4.78, 5) is 15.0. The van der Waals surface area contributed by atoms with Crippen LogP contribution >= 0.6 is 0 Å². The van der Waals surface area contributed by atoms with E-state index in [1.54, 1.807) is 16.4 Å². The zero-order chi connectivity index (χ0) is 26.0. The fourth-order valence-corrected chi connectivity index (χ4v) is 5.56. The van der Waals surface area contributed by atoms with Gasteiger partial charge < -0.3 is 24.4 Å². The summed E-state index contributed by atoms with van der Waals surface area (Å²) >= 11 is 0. The highest BCUT2D eigenvalue weighted by atomic mass is 32.2. The van der Waals surface area contributed by atoms with Gasteiger partial charge in [0.15, 0.2) is 11.5 Å². The van der Waals surface area contributed by atoms with Gasteiger partial charge in [-0.2, -0.15) is 4.31 Å². The molecule has 0 atom stereocenters. The van der Waals surface area contributed by atoms with Crippen LogP contribution in [0.25, 0.3) is 0 Å². The zero-order valence-electron chi connectivity index (χ0n) is 21.4. The van der Waals surface area contributed by atoms with Gasteiger partial charge >= 0.3 is 0 Å². The van der Waals surface area contributed by atoms with Crippen molar-refractivity contribution in [3.63, 3.8) is 0 Å². The number of hydrogen-bond acceptors (Lipinski definition) is 7. The van der Waals surface area contributed by atoms with Crippen LogP contribution in [0.2, 0.25) is 0 Å². The van der Waals surface area contributed by atoms with Gasteiger partial charge in [-0.1, -0.05) is 18.2 Å². The number of piperazine rings is 1. The van der Waals surface area contributed by atoms with Crippen LogP contribution in [0, 0.1) is 0 Å². The van der Waals surface area contributed by atoms with Crippen LogP contribution in [-0.4, -0.2) is 76.9 Å². The monoisotopic (exact) mass is 519 g/mol. The van der Waals surface area contributed by atoms with Gasteiger partial charge in [0, 0.05) is 44.0 Å². The minimum Gasteiger partial charge on any atom is -0.490 e. The average molecular weight is 520 g/mol. The number of sulfonamides is 1. The quantitative estimate of drug-likeness (QED) is 0.406. The van der Waals surface area contributed by atoms with Crippen molar-refractivity contribution in [1.29, 1.82) is 0 Å². The van der Waals surface area contributed by atoms with Crippen LogP contribution < -0.4 is 24.4 Å². The Hall–Kier alpha value is -2.98. The summed E-state index contributed by atoms with van der Waals surface area (Å²) in [5, 5.41) is 2.81. The number of para-hydroxylation sites is 1. The summed E-state index contributed by atoms with van der Waals surface area (Å²) < 4.78 is 44.2. The Labute approximate surface area is 214 Å². The maximum atomic E-state index is 12.8. The minimum atomic E-state index is -3.39. The molecule has 0 radical (unpaired) electrons. The lowest BCUT2D eigenvalue weighted by Gasteiger charge is -2.35. The van der Waals surface area contributed by atoms with E-state index in [0.717, 1.165) is 5.69 Å². The number of carbonyl (C=O) groups excluding carboxylic acids is 1. The van der Waals surface area contributed by atoms with Crippen LogP contribution in [0.1, 0.15) is 37.6 Å². The fourth-order valence-electron chi connectivity index (χ4n) is 4.07. The molecule has 0 aromatic heterocycles. The molecule has 1 amide bonds. The molecule has 0 bridgehead atoms. The molecular weight excluding hydrogens is 482 g/mol. The molecule has 36 heavy (non-hydrogen) atoms. The van der Waals surface area contributed by atoms with E-state index in [2.05, 4.69) is 10.2 Å². The van der Waals surface area contributed by atoms with Crippen LogP contribution in [0.15, 0.2) is 42.5 Å². The van der Waals surface area contributed by atoms with Crippen LogP contribution in [0.3, 0.4) is 0 Å². The highest BCUT2D eigenvalue weighted by molar-refractivity contribution is 7.89. The van der Waals surface area contributed by atoms with Crippen molar-refractivity contribution in [1.82, 2.24) is 9.62 Å². The Kier molecular flexibility index (Phi) is 10.2. The first-order chi connectivity index (χ1) is 17.4. The number of amides is 1. The molecule has 1 aliphatic heterocycles. The molecule has 1 fully saturated rings. The summed E-state index contributed by atoms with van der Waals surface area (Å²) in [5.74, 6) is 1.00. The zero-order valence-corrected chi connectivity index (χ0v) is 22.2. The maximum absolute atomic E-state index is 12.8. The average Bonchev–Trinajstić information content (AvgIpc) is 2.89. The molecular formula is C26H37N3O6S. The first-order valence-corrected chi connectivity index (χ1v) is 14.1. The van der Waals surface area contributed by atoms with Crippen molar-refractivity contribution in [3.05, 3.63) is 48.0 Å². The number of anilines is 1. The molecule has 0 aliphatic carbocycles. The molecule has 198 valence electrons. The largest absolute Gasteiger partial charge is 0.490 e. The van der Waals surface area contributed by atoms with Crippen molar-refractivity contribution in [2.75, 3.05) is 63.2 Å². The molecule has 1 aliphatic rings. The number of benzene rings is 2. The summed E-state index contributed by atoms with van der Waals surface area (Å²) in [6, 6.07) is 13.2. The van der Waals surface area contributed by atoms with Crippen molar-refractivity contribution in [2.24, 2.45) is 0 Å². The van der Waals surface area contributed by atoms with Gasteiger partial charge in [-0.15, -0.1) is 0 Å². The summed E-state index contributed by atoms with van der Waals surface area (Å²) in [6.45, 7) is 9.28. The van der Waals surface area contributed by atoms with E-state index in [-0.39, 0.29) is 18.2 Å². The summed E-state index contributed by atoms with van der Waals surface area (Å²) in [7, 11) is -3.39. The van der Waals surface area contributed by atoms with Gasteiger partial charge in [-0.05, 0) is 51.5 Å². The van der Waals surface area contributed by atoms with Gasteiger partial charge in [-0.25, -0.2) is 8.42 Å². The molecule has 9 nitrogen and oxygen atoms in total. The topological polar surface area (TPSA) is 97.4 Å². The number of carbonyl (C=O) groups is 1. The minimum absolute atomic E-state index is 0.0176. The maximum Gasteiger partial charge on any atom is 0.251 e. The van der Waals surface area contributed by atoms with Gasteiger partial charge in [0.05, 0.1) is 25.6 Å². The molecule has 2 aromatic rings. The van der Waals surface area contributed by atoms with Crippen molar-refractivity contribution < 1.29 is 27.4 Å². The molecule has 2 aromatic carbocycles. The third-order valence-electron chi connectivity index (χ3n) is 5.79. The van der Waals surface area contributed by atoms with E-state index in [0.29, 0.717) is 75.2 Å². The molecule has 10 heteroatoms. The molecule has 1 saturated heterocycles. The highest BCUT2D eigenvalue weighted by Gasteiger charge is 2.26. The predicted octanol–water partition coefficient (Wildman–Crippen LogP) is 3.15. The Morgan fingerprint density at radius 2 is 1.47 bits per heavy atom. The van der Waals surface area contributed by atoms with E-state index in [1.165, 1.54) is 0 Å². The fraction of sp³-hybridized carbons (Fsp3) is 0.500. The van der Waals surface area contributed by atoms with Crippen LogP contribution in [0.5, 0.6) is 17.2 Å². The normalized spacial score (nSPS) is 14.4. The number of nitrogens with one attached hydrogen (secondary N) is 1. The van der Waals surface area contributed by atoms with E-state index >= 15 is 0 Å². The third-order valence-corrected chi connectivity index (χ3v) is 7.75. The van der Waals surface area contributed by atoms with Gasteiger partial charge in [0.25, 0.3) is 5.91 Å². The Balaban J connectivity index is 1.53. The second-order valence-electron chi connectivity index (χ2n) is 8.25. The Morgan fingerprint density at radius 1 is 0.889 bits per heavy atom. The van der Waals surface area contributed by atoms with Crippen LogP contribution in [0.4, 0.5) is 5.69 Å². The first kappa shape index (κ1) is 27.6. The SMILES string of the molecule is CCOc1cc(C(=O)NCCCS(=O)(=O)N2CCN(c3ccccc3)CC2)cc(OCC)c1OCC. The molecule has 0 unspecified atom stereocenters. The van der Waals surface area contributed by atoms with Crippen molar-refractivity contribution in [3.8, 4) is 17.2 Å². The lowest BCUT2D eigenvalue weighted by atomic mass is 10.1. The molecule has 1 N–H and O–H groups in total. The van der Waals surface area contributed by atoms with Crippen molar-refractivity contribution in [2.45, 2.75) is 27.2 Å². The lowest BCUT2D eigenvalue weighted by molar-refractivity contribution is 0.0952. The Bertz CT molecular complexity index is 1060. The predicted molar refractivity (Wildman–Crippen MR) is 141 cm³/mol. The number of nitrogens with zero attached hydrogens (tertiary/aromatic N) is 2. The smallest absolute Gasteiger partial charge is 0.251 e. The van der Waals surface area contributed by atoms with E-state index < -0.39 is 10.0 Å².